The van der Waals surface area contributed by atoms with Crippen molar-refractivity contribution < 1.29 is 18.0 Å². The highest BCUT2D eigenvalue weighted by Crippen LogP contribution is 2.32. The molecule has 1 aliphatic heterocycles. The number of aromatic nitrogens is 2. The van der Waals surface area contributed by atoms with Crippen LogP contribution in [0.2, 0.25) is 0 Å². The van der Waals surface area contributed by atoms with Crippen molar-refractivity contribution in [1.29, 1.82) is 0 Å². The van der Waals surface area contributed by atoms with Crippen molar-refractivity contribution in [2.75, 3.05) is 31.1 Å². The van der Waals surface area contributed by atoms with E-state index in [-0.39, 0.29) is 5.91 Å². The van der Waals surface area contributed by atoms with Gasteiger partial charge in [0.25, 0.3) is 5.91 Å². The van der Waals surface area contributed by atoms with E-state index in [1.54, 1.807) is 24.1 Å². The lowest BCUT2D eigenvalue weighted by Crippen LogP contribution is -2.48. The molecule has 3 aromatic rings. The predicted octanol–water partition coefficient (Wildman–Crippen LogP) is 4.49. The van der Waals surface area contributed by atoms with Crippen LogP contribution >= 0.6 is 11.3 Å². The third-order valence-electron chi connectivity index (χ3n) is 4.98. The van der Waals surface area contributed by atoms with Crippen LogP contribution < -0.4 is 4.90 Å². The van der Waals surface area contributed by atoms with Crippen molar-refractivity contribution >= 4 is 22.9 Å². The van der Waals surface area contributed by atoms with E-state index in [4.69, 9.17) is 0 Å². The molecule has 0 radical (unpaired) electrons. The molecule has 2 aromatic heterocycles. The maximum atomic E-state index is 13.0. The van der Waals surface area contributed by atoms with Gasteiger partial charge in [0, 0.05) is 38.1 Å². The number of aryl methyl sites for hydroxylation is 1. The Balaban J connectivity index is 1.45. The Morgan fingerprint density at radius 1 is 1.07 bits per heavy atom. The maximum absolute atomic E-state index is 13.0. The second-order valence-electron chi connectivity index (χ2n) is 6.98. The lowest BCUT2D eigenvalue weighted by molar-refractivity contribution is -0.137. The monoisotopic (exact) mass is 432 g/mol. The molecule has 1 aromatic carbocycles. The summed E-state index contributed by atoms with van der Waals surface area (Å²) in [6.07, 6.45) is -2.69. The highest BCUT2D eigenvalue weighted by Gasteiger charge is 2.31. The van der Waals surface area contributed by atoms with E-state index >= 15 is 0 Å². The van der Waals surface area contributed by atoms with Crippen LogP contribution in [0.25, 0.3) is 10.7 Å². The van der Waals surface area contributed by atoms with Gasteiger partial charge in [0.05, 0.1) is 17.0 Å². The van der Waals surface area contributed by atoms with Crippen LogP contribution in [0.4, 0.5) is 18.9 Å². The smallest absolute Gasteiger partial charge is 0.368 e. The SMILES string of the molecule is Cc1nc(-c2ccccn2)sc1C(=O)N1CCN(c2cccc(C(F)(F)F)c2)CC1. The summed E-state index contributed by atoms with van der Waals surface area (Å²) in [5.74, 6) is -0.101. The predicted molar refractivity (Wildman–Crippen MR) is 110 cm³/mol. The summed E-state index contributed by atoms with van der Waals surface area (Å²) in [5, 5.41) is 0.694. The molecular weight excluding hydrogens is 413 g/mol. The topological polar surface area (TPSA) is 49.3 Å². The standard InChI is InChI=1S/C21H19F3N4OS/c1-14-18(30-19(26-14)17-7-2-3-8-25-17)20(29)28-11-9-27(10-12-28)16-6-4-5-15(13-16)21(22,23)24/h2-8,13H,9-12H2,1H3. The molecule has 5 nitrogen and oxygen atoms in total. The first-order chi connectivity index (χ1) is 14.3. The summed E-state index contributed by atoms with van der Waals surface area (Å²) in [6.45, 7) is 3.61. The summed E-state index contributed by atoms with van der Waals surface area (Å²) in [5.41, 5.74) is 1.23. The quantitative estimate of drug-likeness (QED) is 0.612. The zero-order valence-electron chi connectivity index (χ0n) is 16.2. The molecule has 0 atom stereocenters. The van der Waals surface area contributed by atoms with Gasteiger partial charge < -0.3 is 9.80 Å². The molecule has 156 valence electrons. The molecule has 1 amide bonds. The van der Waals surface area contributed by atoms with Crippen molar-refractivity contribution in [2.24, 2.45) is 0 Å². The number of nitrogens with zero attached hydrogens (tertiary/aromatic N) is 4. The highest BCUT2D eigenvalue weighted by atomic mass is 32.1. The second-order valence-corrected chi connectivity index (χ2v) is 7.97. The summed E-state index contributed by atoms with van der Waals surface area (Å²) in [7, 11) is 0. The lowest BCUT2D eigenvalue weighted by Gasteiger charge is -2.36. The summed E-state index contributed by atoms with van der Waals surface area (Å²) in [4.78, 5) is 25.9. The number of alkyl halides is 3. The molecular formula is C21H19F3N4OS. The molecule has 0 saturated carbocycles. The fourth-order valence-electron chi connectivity index (χ4n) is 3.38. The molecule has 0 bridgehead atoms. The first kappa shape index (κ1) is 20.3. The number of halogens is 3. The van der Waals surface area contributed by atoms with Gasteiger partial charge in [-0.25, -0.2) is 4.98 Å². The number of amides is 1. The van der Waals surface area contributed by atoms with Crippen molar-refractivity contribution in [2.45, 2.75) is 13.1 Å². The van der Waals surface area contributed by atoms with E-state index in [1.165, 1.54) is 17.4 Å². The Bertz CT molecular complexity index is 1040. The number of carbonyl (C=O) groups is 1. The Morgan fingerprint density at radius 3 is 2.50 bits per heavy atom. The van der Waals surface area contributed by atoms with Crippen LogP contribution in [0.3, 0.4) is 0 Å². The lowest BCUT2D eigenvalue weighted by atomic mass is 10.1. The number of benzene rings is 1. The minimum absolute atomic E-state index is 0.101. The number of rotatable bonds is 3. The molecule has 1 fully saturated rings. The zero-order valence-corrected chi connectivity index (χ0v) is 17.0. The van der Waals surface area contributed by atoms with Gasteiger partial charge in [-0.3, -0.25) is 9.78 Å². The molecule has 0 spiro atoms. The van der Waals surface area contributed by atoms with E-state index in [0.29, 0.717) is 47.4 Å². The van der Waals surface area contributed by atoms with E-state index in [2.05, 4.69) is 9.97 Å². The third kappa shape index (κ3) is 4.16. The zero-order chi connectivity index (χ0) is 21.3. The highest BCUT2D eigenvalue weighted by molar-refractivity contribution is 7.17. The maximum Gasteiger partial charge on any atom is 0.416 e. The van der Waals surface area contributed by atoms with E-state index in [9.17, 15) is 18.0 Å². The minimum atomic E-state index is -4.37. The van der Waals surface area contributed by atoms with Crippen LogP contribution in [0, 0.1) is 6.92 Å². The van der Waals surface area contributed by atoms with Crippen LogP contribution in [-0.4, -0.2) is 47.0 Å². The minimum Gasteiger partial charge on any atom is -0.368 e. The number of hydrogen-bond acceptors (Lipinski definition) is 5. The van der Waals surface area contributed by atoms with Crippen LogP contribution in [0.1, 0.15) is 20.9 Å². The molecule has 30 heavy (non-hydrogen) atoms. The Kier molecular flexibility index (Phi) is 5.46. The molecule has 4 rings (SSSR count). The Labute approximate surface area is 175 Å². The first-order valence-corrected chi connectivity index (χ1v) is 10.2. The number of pyridine rings is 1. The van der Waals surface area contributed by atoms with E-state index in [1.807, 2.05) is 23.1 Å². The van der Waals surface area contributed by atoms with Crippen LogP contribution in [0.5, 0.6) is 0 Å². The second kappa shape index (κ2) is 8.06. The molecule has 0 aliphatic carbocycles. The fraction of sp³-hybridized carbons (Fsp3) is 0.286. The van der Waals surface area contributed by atoms with Gasteiger partial charge in [0.1, 0.15) is 9.88 Å². The van der Waals surface area contributed by atoms with Crippen molar-refractivity contribution in [3.63, 3.8) is 0 Å². The molecule has 1 aliphatic rings. The van der Waals surface area contributed by atoms with Gasteiger partial charge in [-0.2, -0.15) is 13.2 Å². The number of anilines is 1. The van der Waals surface area contributed by atoms with Crippen molar-refractivity contribution in [3.05, 3.63) is 64.8 Å². The van der Waals surface area contributed by atoms with E-state index in [0.717, 1.165) is 17.8 Å². The van der Waals surface area contributed by atoms with Gasteiger partial charge in [0.15, 0.2) is 0 Å². The fourth-order valence-corrected chi connectivity index (χ4v) is 4.39. The number of piperazine rings is 1. The molecule has 9 heteroatoms. The summed E-state index contributed by atoms with van der Waals surface area (Å²) < 4.78 is 38.9. The summed E-state index contributed by atoms with van der Waals surface area (Å²) in [6, 6.07) is 10.8. The molecule has 3 heterocycles. The largest absolute Gasteiger partial charge is 0.416 e. The van der Waals surface area contributed by atoms with Gasteiger partial charge in [-0.05, 0) is 37.3 Å². The van der Waals surface area contributed by atoms with Crippen molar-refractivity contribution in [3.8, 4) is 10.7 Å². The number of carbonyl (C=O) groups excluding carboxylic acids is 1. The molecule has 1 saturated heterocycles. The van der Waals surface area contributed by atoms with Crippen LogP contribution in [-0.2, 0) is 6.18 Å². The first-order valence-electron chi connectivity index (χ1n) is 9.43. The average molecular weight is 432 g/mol. The van der Waals surface area contributed by atoms with Gasteiger partial charge in [-0.1, -0.05) is 12.1 Å². The van der Waals surface area contributed by atoms with Gasteiger partial charge in [-0.15, -0.1) is 11.3 Å². The van der Waals surface area contributed by atoms with E-state index < -0.39 is 11.7 Å². The Morgan fingerprint density at radius 2 is 1.83 bits per heavy atom. The Hall–Kier alpha value is -2.94. The van der Waals surface area contributed by atoms with Gasteiger partial charge >= 0.3 is 6.18 Å². The third-order valence-corrected chi connectivity index (χ3v) is 6.15. The van der Waals surface area contributed by atoms with Crippen LogP contribution in [0.15, 0.2) is 48.7 Å². The number of thiazole rings is 1. The van der Waals surface area contributed by atoms with Crippen molar-refractivity contribution in [1.82, 2.24) is 14.9 Å². The molecule has 0 unspecified atom stereocenters. The number of hydrogen-bond donors (Lipinski definition) is 0. The molecule has 0 N–H and O–H groups in total. The van der Waals surface area contributed by atoms with Gasteiger partial charge in [0.2, 0.25) is 0 Å². The summed E-state index contributed by atoms with van der Waals surface area (Å²) >= 11 is 1.31. The normalized spacial score (nSPS) is 14.8. The average Bonchev–Trinajstić information content (AvgIpc) is 3.15.